The molecule has 26 heavy (non-hydrogen) atoms. The molecule has 1 saturated carbocycles. The van der Waals surface area contributed by atoms with E-state index in [1.807, 2.05) is 18.0 Å². The second-order valence-corrected chi connectivity index (χ2v) is 7.95. The molecule has 1 aromatic carbocycles. The molecule has 4 rings (SSSR count). The molecule has 5 nitrogen and oxygen atoms in total. The summed E-state index contributed by atoms with van der Waals surface area (Å²) in [4.78, 5) is 13.7. The zero-order valence-corrected chi connectivity index (χ0v) is 15.6. The zero-order valence-electron chi connectivity index (χ0n) is 15.6. The number of halogens is 1. The maximum absolute atomic E-state index is 15.0. The molecule has 0 radical (unpaired) electrons. The Labute approximate surface area is 153 Å². The smallest absolute Gasteiger partial charge is 0.151 e. The molecule has 6 heteroatoms. The highest BCUT2D eigenvalue weighted by Gasteiger charge is 2.43. The number of rotatable bonds is 5. The largest absolute Gasteiger partial charge is 0.395 e. The first kappa shape index (κ1) is 17.5. The van der Waals surface area contributed by atoms with Crippen molar-refractivity contribution in [1.29, 1.82) is 0 Å². The first-order valence-corrected chi connectivity index (χ1v) is 9.60. The number of nitrogens with zero attached hydrogens (tertiary/aromatic N) is 4. The van der Waals surface area contributed by atoms with E-state index in [0.717, 1.165) is 61.5 Å². The Bertz CT molecular complexity index is 815. The highest BCUT2D eigenvalue weighted by atomic mass is 19.1. The summed E-state index contributed by atoms with van der Waals surface area (Å²) in [6, 6.07) is 3.49. The van der Waals surface area contributed by atoms with Gasteiger partial charge in [0.2, 0.25) is 0 Å². The van der Waals surface area contributed by atoms with Gasteiger partial charge >= 0.3 is 0 Å². The van der Waals surface area contributed by atoms with Crippen molar-refractivity contribution < 1.29 is 9.50 Å². The molecule has 2 heterocycles. The van der Waals surface area contributed by atoms with E-state index in [9.17, 15) is 9.50 Å². The van der Waals surface area contributed by atoms with Crippen molar-refractivity contribution in [2.75, 3.05) is 43.1 Å². The third kappa shape index (κ3) is 3.11. The minimum Gasteiger partial charge on any atom is -0.395 e. The van der Waals surface area contributed by atoms with E-state index in [0.29, 0.717) is 12.1 Å². The number of likely N-dealkylation sites (N-methyl/N-ethyl adjacent to an activating group) is 1. The van der Waals surface area contributed by atoms with Crippen LogP contribution in [0.25, 0.3) is 10.9 Å². The minimum atomic E-state index is -0.312. The molecule has 140 valence electrons. The summed E-state index contributed by atoms with van der Waals surface area (Å²) < 4.78 is 15.0. The summed E-state index contributed by atoms with van der Waals surface area (Å²) in [5.41, 5.74) is 1.17. The second-order valence-electron chi connectivity index (χ2n) is 7.95. The lowest BCUT2D eigenvalue weighted by molar-refractivity contribution is 0.304. The van der Waals surface area contributed by atoms with Gasteiger partial charge in [-0.15, -0.1) is 0 Å². The third-order valence-electron chi connectivity index (χ3n) is 5.79. The Balaban J connectivity index is 1.88. The lowest BCUT2D eigenvalue weighted by Crippen LogP contribution is -2.31. The third-order valence-corrected chi connectivity index (χ3v) is 5.79. The van der Waals surface area contributed by atoms with Gasteiger partial charge in [-0.2, -0.15) is 0 Å². The van der Waals surface area contributed by atoms with E-state index < -0.39 is 0 Å². The molecule has 1 N–H and O–H groups in total. The van der Waals surface area contributed by atoms with Crippen LogP contribution in [0.3, 0.4) is 0 Å². The fourth-order valence-corrected chi connectivity index (χ4v) is 3.69. The molecule has 2 aliphatic rings. The van der Waals surface area contributed by atoms with Crippen LogP contribution in [0, 0.1) is 5.82 Å². The van der Waals surface area contributed by atoms with Crippen LogP contribution in [0.2, 0.25) is 0 Å². The molecule has 1 saturated heterocycles. The zero-order chi connectivity index (χ0) is 18.3. The molecule has 0 amide bonds. The average molecular weight is 358 g/mol. The fraction of sp³-hybridized carbons (Fsp3) is 0.600. The number of aliphatic hydroxyl groups excluding tert-OH is 1. The predicted molar refractivity (Wildman–Crippen MR) is 103 cm³/mol. The van der Waals surface area contributed by atoms with E-state index in [1.54, 1.807) is 0 Å². The Morgan fingerprint density at radius 3 is 2.58 bits per heavy atom. The second kappa shape index (κ2) is 6.65. The van der Waals surface area contributed by atoms with Crippen LogP contribution in [0.1, 0.15) is 44.9 Å². The van der Waals surface area contributed by atoms with E-state index >= 15 is 0 Å². The summed E-state index contributed by atoms with van der Waals surface area (Å²) in [7, 11) is 1.86. The van der Waals surface area contributed by atoms with Gasteiger partial charge in [0, 0.05) is 43.2 Å². The molecule has 2 aromatic rings. The number of aromatic nitrogens is 2. The first-order valence-electron chi connectivity index (χ1n) is 9.60. The quantitative estimate of drug-likeness (QED) is 0.889. The van der Waals surface area contributed by atoms with E-state index in [-0.39, 0.29) is 17.8 Å². The number of fused-ring (bicyclic) bond motifs is 1. The number of hydrogen-bond acceptors (Lipinski definition) is 5. The standard InChI is InChI=1S/C20H27FN4O/c1-20(6-7-20)19-22-17-15(18(23-19)25-8-4-3-5-9-25)12-14(13-16(17)21)24(2)10-11-26/h12-13,26H,3-11H2,1-2H3. The molecule has 1 aliphatic heterocycles. The first-order chi connectivity index (χ1) is 12.5. The molecule has 0 spiro atoms. The van der Waals surface area contributed by atoms with Gasteiger partial charge in [-0.1, -0.05) is 6.92 Å². The van der Waals surface area contributed by atoms with Crippen LogP contribution in [0.4, 0.5) is 15.9 Å². The SMILES string of the molecule is CN(CCO)c1cc(F)c2nc(C3(C)CC3)nc(N3CCCCC3)c2c1. The molecule has 2 fully saturated rings. The highest BCUT2D eigenvalue weighted by Crippen LogP contribution is 2.47. The van der Waals surface area contributed by atoms with Gasteiger partial charge in [-0.25, -0.2) is 14.4 Å². The van der Waals surface area contributed by atoms with Gasteiger partial charge in [0.1, 0.15) is 17.2 Å². The summed E-state index contributed by atoms with van der Waals surface area (Å²) in [6.45, 7) is 4.57. The van der Waals surface area contributed by atoms with Gasteiger partial charge in [0.05, 0.1) is 6.61 Å². The van der Waals surface area contributed by atoms with Crippen LogP contribution in [0.15, 0.2) is 12.1 Å². The number of piperidine rings is 1. The molecule has 1 aliphatic carbocycles. The summed E-state index contributed by atoms with van der Waals surface area (Å²) >= 11 is 0. The van der Waals surface area contributed by atoms with Gasteiger partial charge in [0.25, 0.3) is 0 Å². The monoisotopic (exact) mass is 358 g/mol. The van der Waals surface area contributed by atoms with Crippen LogP contribution >= 0.6 is 0 Å². The van der Waals surface area contributed by atoms with Crippen molar-refractivity contribution in [3.05, 3.63) is 23.8 Å². The van der Waals surface area contributed by atoms with Crippen LogP contribution in [0.5, 0.6) is 0 Å². The van der Waals surface area contributed by atoms with Crippen molar-refractivity contribution >= 4 is 22.4 Å². The van der Waals surface area contributed by atoms with Crippen molar-refractivity contribution in [2.24, 2.45) is 0 Å². The molecule has 0 unspecified atom stereocenters. The summed E-state index contributed by atoms with van der Waals surface area (Å²) in [5, 5.41) is 9.98. The Morgan fingerprint density at radius 2 is 1.92 bits per heavy atom. The normalized spacial score (nSPS) is 19.0. The van der Waals surface area contributed by atoms with Crippen LogP contribution < -0.4 is 9.80 Å². The number of benzene rings is 1. The number of aliphatic hydroxyl groups is 1. The fourth-order valence-electron chi connectivity index (χ4n) is 3.69. The number of anilines is 2. The van der Waals surface area contributed by atoms with Crippen molar-refractivity contribution in [3.63, 3.8) is 0 Å². The Morgan fingerprint density at radius 1 is 1.19 bits per heavy atom. The molecule has 1 aromatic heterocycles. The number of hydrogen-bond donors (Lipinski definition) is 1. The Kier molecular flexibility index (Phi) is 4.47. The van der Waals surface area contributed by atoms with Crippen molar-refractivity contribution in [3.8, 4) is 0 Å². The predicted octanol–water partition coefficient (Wildman–Crippen LogP) is 3.24. The minimum absolute atomic E-state index is 0.00246. The lowest BCUT2D eigenvalue weighted by atomic mass is 10.1. The van der Waals surface area contributed by atoms with Crippen molar-refractivity contribution in [2.45, 2.75) is 44.4 Å². The van der Waals surface area contributed by atoms with Gasteiger partial charge in [0.15, 0.2) is 5.82 Å². The molecule has 0 atom stereocenters. The van der Waals surface area contributed by atoms with Crippen molar-refractivity contribution in [1.82, 2.24) is 9.97 Å². The topological polar surface area (TPSA) is 52.5 Å². The van der Waals surface area contributed by atoms with Gasteiger partial charge < -0.3 is 14.9 Å². The summed E-state index contributed by atoms with van der Waals surface area (Å²) in [5.74, 6) is 1.34. The van der Waals surface area contributed by atoms with Gasteiger partial charge in [-0.05, 0) is 44.2 Å². The van der Waals surface area contributed by atoms with Crippen LogP contribution in [-0.2, 0) is 5.41 Å². The van der Waals surface area contributed by atoms with E-state index in [1.165, 1.54) is 12.5 Å². The van der Waals surface area contributed by atoms with E-state index in [2.05, 4.69) is 16.8 Å². The van der Waals surface area contributed by atoms with E-state index in [4.69, 9.17) is 4.98 Å². The average Bonchev–Trinajstić information content (AvgIpc) is 3.40. The maximum Gasteiger partial charge on any atom is 0.151 e. The Hall–Kier alpha value is -1.95. The van der Waals surface area contributed by atoms with Crippen LogP contribution in [-0.4, -0.2) is 48.4 Å². The van der Waals surface area contributed by atoms with Gasteiger partial charge in [-0.3, -0.25) is 0 Å². The highest BCUT2D eigenvalue weighted by molar-refractivity contribution is 5.93. The molecular weight excluding hydrogens is 331 g/mol. The molecular formula is C20H27FN4O. The summed E-state index contributed by atoms with van der Waals surface area (Å²) in [6.07, 6.45) is 5.66. The molecule has 0 bridgehead atoms. The lowest BCUT2D eigenvalue weighted by Gasteiger charge is -2.30. The maximum atomic E-state index is 15.0.